The van der Waals surface area contributed by atoms with Gasteiger partial charge in [-0.2, -0.15) is 11.8 Å². The molecular weight excluding hydrogens is 322 g/mol. The van der Waals surface area contributed by atoms with Crippen molar-refractivity contribution < 1.29 is 9.53 Å². The van der Waals surface area contributed by atoms with E-state index >= 15 is 0 Å². The van der Waals surface area contributed by atoms with E-state index in [1.165, 1.54) is 11.1 Å². The first kappa shape index (κ1) is 15.8. The van der Waals surface area contributed by atoms with E-state index in [0.717, 1.165) is 42.8 Å². The number of amides is 2. The molecule has 128 valence electrons. The molecule has 2 aromatic rings. The number of rotatable bonds is 3. The first-order valence-electron chi connectivity index (χ1n) is 8.55. The summed E-state index contributed by atoms with van der Waals surface area (Å²) in [4.78, 5) is 15.5. The molecule has 1 spiro atoms. The lowest BCUT2D eigenvalue weighted by atomic mass is 9.90. The highest BCUT2D eigenvalue weighted by Crippen LogP contribution is 2.38. The van der Waals surface area contributed by atoms with Crippen LogP contribution in [0.1, 0.15) is 25.0 Å². The molecule has 1 aromatic heterocycles. The summed E-state index contributed by atoms with van der Waals surface area (Å²) in [5, 5.41) is 7.25. The molecule has 2 fully saturated rings. The standard InChI is InChI=1S/C18H23N3O2S/c22-17(19-11-15-9-13-3-1-2-4-16(13)20-15)21-14-5-7-23-18(10-14)6-8-24-12-18/h1-4,9,14,20H,5-8,10-12H2,(H2,19,21,22). The fourth-order valence-corrected chi connectivity index (χ4v) is 5.03. The topological polar surface area (TPSA) is 66.2 Å². The van der Waals surface area contributed by atoms with E-state index in [1.54, 1.807) is 0 Å². The van der Waals surface area contributed by atoms with Gasteiger partial charge >= 0.3 is 6.03 Å². The van der Waals surface area contributed by atoms with Crippen molar-refractivity contribution in [1.29, 1.82) is 0 Å². The van der Waals surface area contributed by atoms with Gasteiger partial charge in [0, 0.05) is 29.6 Å². The molecule has 1 aromatic carbocycles. The van der Waals surface area contributed by atoms with E-state index in [0.29, 0.717) is 6.54 Å². The molecule has 3 N–H and O–H groups in total. The monoisotopic (exact) mass is 345 g/mol. The third-order valence-corrected chi connectivity index (χ3v) is 6.14. The Labute approximate surface area is 145 Å². The Morgan fingerprint density at radius 3 is 3.17 bits per heavy atom. The number of benzene rings is 1. The van der Waals surface area contributed by atoms with Gasteiger partial charge in [0.2, 0.25) is 0 Å². The third-order valence-electron chi connectivity index (χ3n) is 4.92. The number of aromatic nitrogens is 1. The fourth-order valence-electron chi connectivity index (χ4n) is 3.65. The minimum absolute atomic E-state index is 0.00194. The van der Waals surface area contributed by atoms with Crippen LogP contribution in [0.5, 0.6) is 0 Å². The number of nitrogens with one attached hydrogen (secondary N) is 3. The molecule has 0 aliphatic carbocycles. The van der Waals surface area contributed by atoms with Crippen LogP contribution in [0.15, 0.2) is 30.3 Å². The molecule has 5 nitrogen and oxygen atoms in total. The van der Waals surface area contributed by atoms with Crippen molar-refractivity contribution in [3.8, 4) is 0 Å². The van der Waals surface area contributed by atoms with Crippen LogP contribution in [0.4, 0.5) is 4.79 Å². The van der Waals surface area contributed by atoms with E-state index in [-0.39, 0.29) is 17.7 Å². The Kier molecular flexibility index (Phi) is 4.41. The van der Waals surface area contributed by atoms with Gasteiger partial charge < -0.3 is 20.4 Å². The molecule has 3 heterocycles. The van der Waals surface area contributed by atoms with E-state index < -0.39 is 0 Å². The number of urea groups is 1. The van der Waals surface area contributed by atoms with Gasteiger partial charge in [-0.25, -0.2) is 4.79 Å². The second-order valence-electron chi connectivity index (χ2n) is 6.73. The molecule has 2 saturated heterocycles. The van der Waals surface area contributed by atoms with Crippen LogP contribution >= 0.6 is 11.8 Å². The quantitative estimate of drug-likeness (QED) is 0.801. The summed E-state index contributed by atoms with van der Waals surface area (Å²) < 4.78 is 6.00. The van der Waals surface area contributed by atoms with Crippen molar-refractivity contribution in [2.75, 3.05) is 18.1 Å². The van der Waals surface area contributed by atoms with Gasteiger partial charge in [-0.3, -0.25) is 0 Å². The molecule has 0 saturated carbocycles. The summed E-state index contributed by atoms with van der Waals surface area (Å²) in [6.45, 7) is 1.25. The minimum atomic E-state index is -0.0960. The molecule has 2 amide bonds. The van der Waals surface area contributed by atoms with Gasteiger partial charge in [-0.05, 0) is 42.5 Å². The molecule has 2 aliphatic heterocycles. The maximum absolute atomic E-state index is 12.2. The lowest BCUT2D eigenvalue weighted by Crippen LogP contribution is -2.50. The summed E-state index contributed by atoms with van der Waals surface area (Å²) >= 11 is 1.95. The van der Waals surface area contributed by atoms with Crippen LogP contribution < -0.4 is 10.6 Å². The molecule has 6 heteroatoms. The summed E-state index contributed by atoms with van der Waals surface area (Å²) in [5.41, 5.74) is 2.11. The first-order valence-corrected chi connectivity index (χ1v) is 9.71. The number of H-pyrrole nitrogens is 1. The SMILES string of the molecule is O=C(NCc1cc2ccccc2[nH]1)NC1CCOC2(CCSC2)C1. The number of carbonyl (C=O) groups is 1. The van der Waals surface area contributed by atoms with Gasteiger partial charge in [-0.1, -0.05) is 18.2 Å². The van der Waals surface area contributed by atoms with Crippen LogP contribution in [0.3, 0.4) is 0 Å². The van der Waals surface area contributed by atoms with Gasteiger partial charge in [-0.15, -0.1) is 0 Å². The minimum Gasteiger partial charge on any atom is -0.374 e. The average molecular weight is 345 g/mol. The summed E-state index contributed by atoms with van der Waals surface area (Å²) in [5.74, 6) is 2.22. The van der Waals surface area contributed by atoms with E-state index in [4.69, 9.17) is 4.74 Å². The number of hydrogen-bond acceptors (Lipinski definition) is 3. The predicted molar refractivity (Wildman–Crippen MR) is 97.3 cm³/mol. The van der Waals surface area contributed by atoms with Gasteiger partial charge in [0.05, 0.1) is 12.1 Å². The number of para-hydroxylation sites is 1. The lowest BCUT2D eigenvalue weighted by Gasteiger charge is -2.37. The molecular formula is C18H23N3O2S. The van der Waals surface area contributed by atoms with Crippen LogP contribution in [0.2, 0.25) is 0 Å². The number of thioether (sulfide) groups is 1. The first-order chi connectivity index (χ1) is 11.7. The number of hydrogen-bond donors (Lipinski definition) is 3. The number of aromatic amines is 1. The highest BCUT2D eigenvalue weighted by atomic mass is 32.2. The van der Waals surface area contributed by atoms with Crippen molar-refractivity contribution in [1.82, 2.24) is 15.6 Å². The molecule has 2 unspecified atom stereocenters. The Bertz CT molecular complexity index is 691. The average Bonchev–Trinajstić information content (AvgIpc) is 3.19. The molecule has 0 bridgehead atoms. The molecule has 24 heavy (non-hydrogen) atoms. The Morgan fingerprint density at radius 2 is 2.33 bits per heavy atom. The van der Waals surface area contributed by atoms with E-state index in [2.05, 4.69) is 27.8 Å². The van der Waals surface area contributed by atoms with Crippen molar-refractivity contribution in [3.63, 3.8) is 0 Å². The summed E-state index contributed by atoms with van der Waals surface area (Å²) in [6, 6.07) is 10.3. The maximum atomic E-state index is 12.2. The van der Waals surface area contributed by atoms with Crippen molar-refractivity contribution >= 4 is 28.7 Å². The number of ether oxygens (including phenoxy) is 1. The normalized spacial score (nSPS) is 26.8. The molecule has 2 atom stereocenters. The van der Waals surface area contributed by atoms with Gasteiger partial charge in [0.15, 0.2) is 0 Å². The Hall–Kier alpha value is -1.66. The van der Waals surface area contributed by atoms with Crippen LogP contribution in [-0.2, 0) is 11.3 Å². The zero-order valence-corrected chi connectivity index (χ0v) is 14.5. The van der Waals surface area contributed by atoms with Gasteiger partial charge in [0.25, 0.3) is 0 Å². The highest BCUT2D eigenvalue weighted by Gasteiger charge is 2.40. The number of fused-ring (bicyclic) bond motifs is 1. The second-order valence-corrected chi connectivity index (χ2v) is 7.84. The van der Waals surface area contributed by atoms with Crippen LogP contribution in [-0.4, -0.2) is 40.8 Å². The van der Waals surface area contributed by atoms with Gasteiger partial charge in [0.1, 0.15) is 0 Å². The molecule has 4 rings (SSSR count). The van der Waals surface area contributed by atoms with Crippen LogP contribution in [0, 0.1) is 0 Å². The van der Waals surface area contributed by atoms with Crippen molar-refractivity contribution in [2.45, 2.75) is 37.5 Å². The fraction of sp³-hybridized carbons (Fsp3) is 0.500. The van der Waals surface area contributed by atoms with E-state index in [9.17, 15) is 4.79 Å². The smallest absolute Gasteiger partial charge is 0.315 e. The highest BCUT2D eigenvalue weighted by molar-refractivity contribution is 7.99. The van der Waals surface area contributed by atoms with E-state index in [1.807, 2.05) is 30.0 Å². The van der Waals surface area contributed by atoms with Crippen molar-refractivity contribution in [3.05, 3.63) is 36.0 Å². The Balaban J connectivity index is 1.30. The maximum Gasteiger partial charge on any atom is 0.315 e. The molecule has 0 radical (unpaired) electrons. The predicted octanol–water partition coefficient (Wildman–Crippen LogP) is 3.02. The summed E-state index contributed by atoms with van der Waals surface area (Å²) in [6.07, 6.45) is 2.93. The Morgan fingerprint density at radius 1 is 1.42 bits per heavy atom. The number of carbonyl (C=O) groups excluding carboxylic acids is 1. The largest absolute Gasteiger partial charge is 0.374 e. The zero-order valence-electron chi connectivity index (χ0n) is 13.6. The summed E-state index contributed by atoms with van der Waals surface area (Å²) in [7, 11) is 0. The second kappa shape index (κ2) is 6.69. The van der Waals surface area contributed by atoms with Crippen LogP contribution in [0.25, 0.3) is 10.9 Å². The van der Waals surface area contributed by atoms with Crippen molar-refractivity contribution in [2.24, 2.45) is 0 Å². The third kappa shape index (κ3) is 3.39. The zero-order chi connectivity index (χ0) is 16.4. The molecule has 2 aliphatic rings. The lowest BCUT2D eigenvalue weighted by molar-refractivity contribution is -0.0684.